The van der Waals surface area contributed by atoms with Crippen LogP contribution < -0.4 is 10.1 Å². The number of aliphatic hydroxyl groups excluding tert-OH is 1. The molecule has 0 bridgehead atoms. The summed E-state index contributed by atoms with van der Waals surface area (Å²) >= 11 is 0. The summed E-state index contributed by atoms with van der Waals surface area (Å²) in [5.41, 5.74) is 0.968. The van der Waals surface area contributed by atoms with Gasteiger partial charge in [-0.05, 0) is 47.7 Å². The average molecular weight is 572 g/mol. The first kappa shape index (κ1) is 29.1. The molecule has 4 rings (SSSR count). The Kier molecular flexibility index (Phi) is 9.12. The van der Waals surface area contributed by atoms with Crippen molar-refractivity contribution in [1.29, 1.82) is 0 Å². The van der Waals surface area contributed by atoms with Crippen LogP contribution >= 0.6 is 0 Å². The van der Waals surface area contributed by atoms with Crippen molar-refractivity contribution in [3.05, 3.63) is 60.4 Å². The summed E-state index contributed by atoms with van der Waals surface area (Å²) in [4.78, 5) is 27.6. The first-order valence-electron chi connectivity index (χ1n) is 12.8. The van der Waals surface area contributed by atoms with Gasteiger partial charge in [0, 0.05) is 30.8 Å². The number of amides is 2. The molecule has 0 saturated heterocycles. The summed E-state index contributed by atoms with van der Waals surface area (Å²) in [7, 11) is -2.29. The number of rotatable bonds is 9. The number of nitrogens with one attached hydrogen (secondary N) is 1. The van der Waals surface area contributed by atoms with E-state index in [1.165, 1.54) is 34.5 Å². The highest BCUT2D eigenvalue weighted by molar-refractivity contribution is 7.89. The van der Waals surface area contributed by atoms with Gasteiger partial charge in [0.15, 0.2) is 0 Å². The molecule has 3 aromatic rings. The van der Waals surface area contributed by atoms with Gasteiger partial charge in [0.1, 0.15) is 24.7 Å². The molecule has 2 amide bonds. The van der Waals surface area contributed by atoms with Crippen LogP contribution in [-0.4, -0.2) is 93.6 Å². The number of anilines is 1. The van der Waals surface area contributed by atoms with Gasteiger partial charge in [0.05, 0.1) is 30.5 Å². The number of aliphatic hydroxyl groups is 1. The number of hydrogen-bond donors (Lipinski definition) is 2. The lowest BCUT2D eigenvalue weighted by Gasteiger charge is -2.33. The standard InChI is InChI=1S/C26H33N7O6S/c1-18-13-33(19(2)16-34)26(36)12-20-11-21(28-25(35)15-32-17-27-29-30-32)9-10-23(20)39-24(18)14-31(3)40(37,38)22-7-5-4-6-8-22/h4-11,17-19,24,34H,12-16H2,1-3H3,(H,28,35)/t18-,19+,24+/m0/s1. The molecule has 0 fully saturated rings. The van der Waals surface area contributed by atoms with Crippen LogP contribution in [0.4, 0.5) is 5.69 Å². The monoisotopic (exact) mass is 571 g/mol. The summed E-state index contributed by atoms with van der Waals surface area (Å²) in [5, 5.41) is 23.3. The van der Waals surface area contributed by atoms with Crippen molar-refractivity contribution in [1.82, 2.24) is 29.4 Å². The molecule has 40 heavy (non-hydrogen) atoms. The molecule has 214 valence electrons. The van der Waals surface area contributed by atoms with E-state index in [0.29, 0.717) is 17.0 Å². The van der Waals surface area contributed by atoms with Crippen LogP contribution in [0, 0.1) is 5.92 Å². The quantitative estimate of drug-likeness (QED) is 0.378. The molecule has 0 spiro atoms. The number of carbonyl (C=O) groups excluding carboxylic acids is 2. The molecule has 0 radical (unpaired) electrons. The highest BCUT2D eigenvalue weighted by Gasteiger charge is 2.33. The van der Waals surface area contributed by atoms with E-state index in [1.54, 1.807) is 48.2 Å². The fourth-order valence-electron chi connectivity index (χ4n) is 4.45. The van der Waals surface area contributed by atoms with Crippen molar-refractivity contribution in [3.8, 4) is 5.75 Å². The van der Waals surface area contributed by atoms with Gasteiger partial charge in [-0.15, -0.1) is 5.10 Å². The zero-order chi connectivity index (χ0) is 28.9. The molecule has 1 aliphatic heterocycles. The predicted octanol–water partition coefficient (Wildman–Crippen LogP) is 0.782. The van der Waals surface area contributed by atoms with E-state index >= 15 is 0 Å². The SMILES string of the molecule is C[C@H](CO)N1C[C@H](C)[C@@H](CN(C)S(=O)(=O)c2ccccc2)Oc2ccc(NC(=O)Cn3cnnn3)cc2CC1=O. The Balaban J connectivity index is 1.62. The first-order chi connectivity index (χ1) is 19.1. The van der Waals surface area contributed by atoms with E-state index in [0.717, 1.165) is 0 Å². The predicted molar refractivity (Wildman–Crippen MR) is 145 cm³/mol. The van der Waals surface area contributed by atoms with Crippen molar-refractivity contribution in [2.75, 3.05) is 32.1 Å². The van der Waals surface area contributed by atoms with Crippen molar-refractivity contribution < 1.29 is 27.9 Å². The minimum Gasteiger partial charge on any atom is -0.488 e. The van der Waals surface area contributed by atoms with Gasteiger partial charge in [-0.3, -0.25) is 9.59 Å². The van der Waals surface area contributed by atoms with Crippen molar-refractivity contribution >= 4 is 27.5 Å². The third-order valence-electron chi connectivity index (χ3n) is 6.79. The van der Waals surface area contributed by atoms with Crippen LogP contribution in [0.2, 0.25) is 0 Å². The number of fused-ring (bicyclic) bond motifs is 1. The Bertz CT molecular complexity index is 1420. The molecule has 3 atom stereocenters. The number of hydrogen-bond acceptors (Lipinski definition) is 9. The zero-order valence-electron chi connectivity index (χ0n) is 22.5. The van der Waals surface area contributed by atoms with Gasteiger partial charge in [0.25, 0.3) is 0 Å². The van der Waals surface area contributed by atoms with Gasteiger partial charge < -0.3 is 20.1 Å². The second-order valence-corrected chi connectivity index (χ2v) is 11.9. The number of ether oxygens (including phenoxy) is 1. The number of aromatic nitrogens is 4. The molecule has 0 aliphatic carbocycles. The van der Waals surface area contributed by atoms with Crippen LogP contribution in [0.1, 0.15) is 19.4 Å². The van der Waals surface area contributed by atoms with Gasteiger partial charge in [0.2, 0.25) is 21.8 Å². The van der Waals surface area contributed by atoms with Crippen LogP contribution in [-0.2, 0) is 32.6 Å². The lowest BCUT2D eigenvalue weighted by atomic mass is 10.0. The lowest BCUT2D eigenvalue weighted by molar-refractivity contribution is -0.134. The van der Waals surface area contributed by atoms with Crippen molar-refractivity contribution in [3.63, 3.8) is 0 Å². The van der Waals surface area contributed by atoms with Crippen LogP contribution in [0.25, 0.3) is 0 Å². The molecule has 2 heterocycles. The van der Waals surface area contributed by atoms with Crippen molar-refractivity contribution in [2.45, 2.75) is 43.9 Å². The van der Waals surface area contributed by atoms with E-state index in [2.05, 4.69) is 20.8 Å². The summed E-state index contributed by atoms with van der Waals surface area (Å²) in [5.74, 6) is -0.459. The van der Waals surface area contributed by atoms with Gasteiger partial charge >= 0.3 is 0 Å². The smallest absolute Gasteiger partial charge is 0.246 e. The normalized spacial score (nSPS) is 18.7. The fourth-order valence-corrected chi connectivity index (χ4v) is 5.65. The summed E-state index contributed by atoms with van der Waals surface area (Å²) in [6.07, 6.45) is 0.666. The highest BCUT2D eigenvalue weighted by Crippen LogP contribution is 2.30. The fraction of sp³-hybridized carbons (Fsp3) is 0.423. The van der Waals surface area contributed by atoms with E-state index < -0.39 is 22.2 Å². The minimum atomic E-state index is -3.79. The van der Waals surface area contributed by atoms with Crippen LogP contribution in [0.5, 0.6) is 5.75 Å². The maximum Gasteiger partial charge on any atom is 0.246 e. The number of benzene rings is 2. The molecule has 2 N–H and O–H groups in total. The molecular weight excluding hydrogens is 538 g/mol. The number of likely N-dealkylation sites (N-methyl/N-ethyl adjacent to an activating group) is 1. The summed E-state index contributed by atoms with van der Waals surface area (Å²) < 4.78 is 35.4. The van der Waals surface area contributed by atoms with E-state index in [-0.39, 0.29) is 55.3 Å². The van der Waals surface area contributed by atoms with Crippen LogP contribution in [0.15, 0.2) is 59.8 Å². The average Bonchev–Trinajstić information content (AvgIpc) is 3.45. The lowest BCUT2D eigenvalue weighted by Crippen LogP contribution is -2.48. The summed E-state index contributed by atoms with van der Waals surface area (Å²) in [6.45, 7) is 3.60. The van der Waals surface area contributed by atoms with E-state index in [9.17, 15) is 23.1 Å². The van der Waals surface area contributed by atoms with Gasteiger partial charge in [-0.2, -0.15) is 4.31 Å². The Labute approximate surface area is 232 Å². The zero-order valence-corrected chi connectivity index (χ0v) is 23.4. The topological polar surface area (TPSA) is 160 Å². The molecule has 1 aromatic heterocycles. The maximum atomic E-state index is 13.4. The molecule has 1 aliphatic rings. The third-order valence-corrected chi connectivity index (χ3v) is 8.62. The number of nitrogens with zero attached hydrogens (tertiary/aromatic N) is 6. The van der Waals surface area contributed by atoms with Crippen LogP contribution in [0.3, 0.4) is 0 Å². The maximum absolute atomic E-state index is 13.4. The molecule has 14 heteroatoms. The number of sulfonamides is 1. The van der Waals surface area contributed by atoms with E-state index in [1.807, 2.05) is 6.92 Å². The van der Waals surface area contributed by atoms with E-state index in [4.69, 9.17) is 4.74 Å². The largest absolute Gasteiger partial charge is 0.488 e. The van der Waals surface area contributed by atoms with Crippen molar-refractivity contribution in [2.24, 2.45) is 5.92 Å². The Hall–Kier alpha value is -3.88. The summed E-state index contributed by atoms with van der Waals surface area (Å²) in [6, 6.07) is 12.6. The number of tetrazole rings is 1. The Morgan fingerprint density at radius 3 is 2.67 bits per heavy atom. The molecule has 0 saturated carbocycles. The van der Waals surface area contributed by atoms with Gasteiger partial charge in [-0.25, -0.2) is 13.1 Å². The molecule has 0 unspecified atom stereocenters. The second kappa shape index (κ2) is 12.5. The Morgan fingerprint density at radius 2 is 2.00 bits per heavy atom. The molecule has 2 aromatic carbocycles. The first-order valence-corrected chi connectivity index (χ1v) is 14.2. The molecular formula is C26H33N7O6S. The molecule has 13 nitrogen and oxygen atoms in total. The number of carbonyl (C=O) groups is 2. The Morgan fingerprint density at radius 1 is 1.25 bits per heavy atom. The minimum absolute atomic E-state index is 0.0256. The third kappa shape index (κ3) is 6.81. The van der Waals surface area contributed by atoms with Gasteiger partial charge in [-0.1, -0.05) is 25.1 Å². The highest BCUT2D eigenvalue weighted by atomic mass is 32.2. The second-order valence-electron chi connectivity index (χ2n) is 9.86.